The summed E-state index contributed by atoms with van der Waals surface area (Å²) >= 11 is 0. The number of halogens is 2. The Morgan fingerprint density at radius 2 is 1.81 bits per heavy atom. The summed E-state index contributed by atoms with van der Waals surface area (Å²) in [5.41, 5.74) is 2.82. The van der Waals surface area contributed by atoms with Crippen LogP contribution in [0, 0.1) is 5.82 Å². The Labute approximate surface area is 160 Å². The van der Waals surface area contributed by atoms with Gasteiger partial charge in [-0.15, -0.1) is 12.4 Å². The minimum absolute atomic E-state index is 0. The van der Waals surface area contributed by atoms with Crippen molar-refractivity contribution >= 4 is 22.4 Å². The molecule has 2 aromatic carbocycles. The second-order valence-corrected chi connectivity index (χ2v) is 8.12. The molecule has 3 rings (SSSR count). The SMILES string of the molecule is Cl.O=S(=O)(NCCCCN1CCc2ccccc2C1)c1cccc(F)c1. The quantitative estimate of drug-likeness (QED) is 0.727. The number of hydrogen-bond acceptors (Lipinski definition) is 3. The number of benzene rings is 2. The molecule has 1 aliphatic rings. The van der Waals surface area contributed by atoms with E-state index in [-0.39, 0.29) is 17.3 Å². The molecule has 0 atom stereocenters. The third-order valence-electron chi connectivity index (χ3n) is 4.51. The Hall–Kier alpha value is -1.47. The van der Waals surface area contributed by atoms with Crippen LogP contribution in [-0.2, 0) is 23.0 Å². The summed E-state index contributed by atoms with van der Waals surface area (Å²) in [6.45, 7) is 3.33. The second kappa shape index (κ2) is 9.46. The van der Waals surface area contributed by atoms with Crippen LogP contribution < -0.4 is 4.72 Å². The van der Waals surface area contributed by atoms with Crippen LogP contribution in [0.4, 0.5) is 4.39 Å². The molecule has 1 heterocycles. The van der Waals surface area contributed by atoms with Crippen molar-refractivity contribution in [1.29, 1.82) is 0 Å². The maximum atomic E-state index is 13.2. The number of unbranched alkanes of at least 4 members (excludes halogenated alkanes) is 1. The monoisotopic (exact) mass is 398 g/mol. The third-order valence-corrected chi connectivity index (χ3v) is 5.97. The van der Waals surface area contributed by atoms with Crippen LogP contribution in [0.2, 0.25) is 0 Å². The highest BCUT2D eigenvalue weighted by molar-refractivity contribution is 7.89. The first-order chi connectivity index (χ1) is 12.0. The van der Waals surface area contributed by atoms with Crippen molar-refractivity contribution in [2.75, 3.05) is 19.6 Å². The molecule has 0 aromatic heterocycles. The molecular weight excluding hydrogens is 375 g/mol. The number of nitrogens with one attached hydrogen (secondary N) is 1. The molecule has 0 saturated carbocycles. The van der Waals surface area contributed by atoms with E-state index in [1.807, 2.05) is 0 Å². The number of nitrogens with zero attached hydrogens (tertiary/aromatic N) is 1. The van der Waals surface area contributed by atoms with Gasteiger partial charge < -0.3 is 0 Å². The van der Waals surface area contributed by atoms with Gasteiger partial charge in [-0.25, -0.2) is 17.5 Å². The summed E-state index contributed by atoms with van der Waals surface area (Å²) in [7, 11) is -3.63. The standard InChI is InChI=1S/C19H23FN2O2S.ClH/c20-18-8-5-9-19(14-18)25(23,24)21-11-3-4-12-22-13-10-16-6-1-2-7-17(16)15-22;/h1-2,5-9,14,21H,3-4,10-13,15H2;1H. The molecule has 1 N–H and O–H groups in total. The Morgan fingerprint density at radius 1 is 1.04 bits per heavy atom. The molecule has 0 fully saturated rings. The molecule has 2 aromatic rings. The molecule has 26 heavy (non-hydrogen) atoms. The Balaban J connectivity index is 0.00000243. The Kier molecular flexibility index (Phi) is 7.58. The zero-order valence-electron chi connectivity index (χ0n) is 14.5. The first-order valence-electron chi connectivity index (χ1n) is 8.59. The largest absolute Gasteiger partial charge is 0.299 e. The zero-order chi connectivity index (χ0) is 17.7. The molecule has 0 radical (unpaired) electrons. The fourth-order valence-electron chi connectivity index (χ4n) is 3.13. The molecule has 0 aliphatic carbocycles. The predicted molar refractivity (Wildman–Crippen MR) is 103 cm³/mol. The van der Waals surface area contributed by atoms with E-state index in [2.05, 4.69) is 33.9 Å². The predicted octanol–water partition coefficient (Wildman–Crippen LogP) is 3.36. The van der Waals surface area contributed by atoms with Gasteiger partial charge in [0.05, 0.1) is 4.90 Å². The van der Waals surface area contributed by atoms with Gasteiger partial charge in [-0.1, -0.05) is 30.3 Å². The first kappa shape index (κ1) is 20.8. The summed E-state index contributed by atoms with van der Waals surface area (Å²) in [4.78, 5) is 2.38. The number of sulfonamides is 1. The van der Waals surface area contributed by atoms with Crippen LogP contribution in [0.25, 0.3) is 0 Å². The summed E-state index contributed by atoms with van der Waals surface area (Å²) in [6, 6.07) is 13.6. The van der Waals surface area contributed by atoms with E-state index >= 15 is 0 Å². The van der Waals surface area contributed by atoms with Gasteiger partial charge in [-0.05, 0) is 55.1 Å². The lowest BCUT2D eigenvalue weighted by Gasteiger charge is -2.28. The Morgan fingerprint density at radius 3 is 2.58 bits per heavy atom. The summed E-state index contributed by atoms with van der Waals surface area (Å²) in [5, 5.41) is 0. The molecule has 0 saturated heterocycles. The van der Waals surface area contributed by atoms with E-state index in [9.17, 15) is 12.8 Å². The molecule has 0 spiro atoms. The van der Waals surface area contributed by atoms with E-state index in [4.69, 9.17) is 0 Å². The van der Waals surface area contributed by atoms with Crippen LogP contribution in [-0.4, -0.2) is 33.0 Å². The van der Waals surface area contributed by atoms with Gasteiger partial charge in [0.1, 0.15) is 5.82 Å². The smallest absolute Gasteiger partial charge is 0.240 e. The molecule has 4 nitrogen and oxygen atoms in total. The highest BCUT2D eigenvalue weighted by Crippen LogP contribution is 2.18. The van der Waals surface area contributed by atoms with Crippen molar-refractivity contribution in [1.82, 2.24) is 9.62 Å². The zero-order valence-corrected chi connectivity index (χ0v) is 16.2. The lowest BCUT2D eigenvalue weighted by molar-refractivity contribution is 0.249. The van der Waals surface area contributed by atoms with E-state index < -0.39 is 15.8 Å². The molecule has 7 heteroatoms. The van der Waals surface area contributed by atoms with Gasteiger partial charge in [-0.3, -0.25) is 4.90 Å². The van der Waals surface area contributed by atoms with Gasteiger partial charge in [0.2, 0.25) is 10.0 Å². The van der Waals surface area contributed by atoms with E-state index in [0.29, 0.717) is 6.54 Å². The van der Waals surface area contributed by atoms with Crippen LogP contribution in [0.1, 0.15) is 24.0 Å². The van der Waals surface area contributed by atoms with Crippen molar-refractivity contribution < 1.29 is 12.8 Å². The lowest BCUT2D eigenvalue weighted by Crippen LogP contribution is -2.32. The molecule has 1 aliphatic heterocycles. The maximum absolute atomic E-state index is 13.2. The van der Waals surface area contributed by atoms with Crippen LogP contribution >= 0.6 is 12.4 Å². The topological polar surface area (TPSA) is 49.4 Å². The molecule has 0 amide bonds. The van der Waals surface area contributed by atoms with E-state index in [0.717, 1.165) is 45.0 Å². The molecular formula is C19H24ClFN2O2S. The van der Waals surface area contributed by atoms with Crippen molar-refractivity contribution in [2.24, 2.45) is 0 Å². The molecule has 0 unspecified atom stereocenters. The number of fused-ring (bicyclic) bond motifs is 1. The maximum Gasteiger partial charge on any atom is 0.240 e. The normalized spacial score (nSPS) is 14.5. The van der Waals surface area contributed by atoms with Crippen molar-refractivity contribution in [2.45, 2.75) is 30.7 Å². The average Bonchev–Trinajstić information content (AvgIpc) is 2.61. The van der Waals surface area contributed by atoms with E-state index in [1.54, 1.807) is 0 Å². The molecule has 0 bridgehead atoms. The van der Waals surface area contributed by atoms with Crippen LogP contribution in [0.5, 0.6) is 0 Å². The second-order valence-electron chi connectivity index (χ2n) is 6.36. The van der Waals surface area contributed by atoms with Gasteiger partial charge in [0, 0.05) is 19.6 Å². The average molecular weight is 399 g/mol. The summed E-state index contributed by atoms with van der Waals surface area (Å²) in [5.74, 6) is -0.548. The summed E-state index contributed by atoms with van der Waals surface area (Å²) in [6.07, 6.45) is 2.75. The highest BCUT2D eigenvalue weighted by atomic mass is 35.5. The van der Waals surface area contributed by atoms with E-state index in [1.165, 1.54) is 29.3 Å². The minimum Gasteiger partial charge on any atom is -0.299 e. The van der Waals surface area contributed by atoms with Gasteiger partial charge in [-0.2, -0.15) is 0 Å². The Bertz CT molecular complexity index is 830. The molecule has 142 valence electrons. The van der Waals surface area contributed by atoms with Crippen molar-refractivity contribution in [3.8, 4) is 0 Å². The third kappa shape index (κ3) is 5.51. The van der Waals surface area contributed by atoms with Crippen LogP contribution in [0.15, 0.2) is 53.4 Å². The number of rotatable bonds is 7. The van der Waals surface area contributed by atoms with Gasteiger partial charge >= 0.3 is 0 Å². The van der Waals surface area contributed by atoms with Gasteiger partial charge in [0.15, 0.2) is 0 Å². The van der Waals surface area contributed by atoms with Crippen molar-refractivity contribution in [3.63, 3.8) is 0 Å². The lowest BCUT2D eigenvalue weighted by atomic mass is 10.00. The van der Waals surface area contributed by atoms with Crippen LogP contribution in [0.3, 0.4) is 0 Å². The fraction of sp³-hybridized carbons (Fsp3) is 0.368. The first-order valence-corrected chi connectivity index (χ1v) is 10.1. The fourth-order valence-corrected chi connectivity index (χ4v) is 4.23. The minimum atomic E-state index is -3.63. The number of hydrogen-bond donors (Lipinski definition) is 1. The highest BCUT2D eigenvalue weighted by Gasteiger charge is 2.16. The van der Waals surface area contributed by atoms with Gasteiger partial charge in [0.25, 0.3) is 0 Å². The van der Waals surface area contributed by atoms with Crippen molar-refractivity contribution in [3.05, 3.63) is 65.5 Å². The summed E-state index contributed by atoms with van der Waals surface area (Å²) < 4.78 is 39.9.